The Morgan fingerprint density at radius 2 is 1.67 bits per heavy atom. The zero-order chi connectivity index (χ0) is 13.8. The summed E-state index contributed by atoms with van der Waals surface area (Å²) < 4.78 is 27.5. The minimum atomic E-state index is -3.23. The molecule has 0 amide bonds. The van der Waals surface area contributed by atoms with Crippen LogP contribution in [0.5, 0.6) is 0 Å². The predicted octanol–water partition coefficient (Wildman–Crippen LogP) is 2.02. The molecule has 18 heavy (non-hydrogen) atoms. The van der Waals surface area contributed by atoms with E-state index < -0.39 is 15.3 Å². The fourth-order valence-corrected chi connectivity index (χ4v) is 3.80. The van der Waals surface area contributed by atoms with Crippen LogP contribution in [0.4, 0.5) is 0 Å². The van der Waals surface area contributed by atoms with Gasteiger partial charge in [-0.3, -0.25) is 0 Å². The second kappa shape index (κ2) is 6.35. The van der Waals surface area contributed by atoms with Crippen molar-refractivity contribution in [3.63, 3.8) is 0 Å². The van der Waals surface area contributed by atoms with Crippen LogP contribution in [0.2, 0.25) is 0 Å². The zero-order valence-corrected chi connectivity index (χ0v) is 12.9. The SMILES string of the molecule is CC(C)NCC(C)S(=O)(=O)NC1(C)CCCCC1. The highest BCUT2D eigenvalue weighted by Gasteiger charge is 2.33. The number of rotatable bonds is 6. The highest BCUT2D eigenvalue weighted by Crippen LogP contribution is 2.28. The number of nitrogens with one attached hydrogen (secondary N) is 2. The summed E-state index contributed by atoms with van der Waals surface area (Å²) in [6.07, 6.45) is 5.38. The van der Waals surface area contributed by atoms with Gasteiger partial charge in [-0.05, 0) is 26.7 Å². The smallest absolute Gasteiger partial charge is 0.215 e. The lowest BCUT2D eigenvalue weighted by Gasteiger charge is -2.35. The predicted molar refractivity (Wildman–Crippen MR) is 76.1 cm³/mol. The second-order valence-corrected chi connectivity index (χ2v) is 8.24. The molecular formula is C13H28N2O2S. The molecule has 0 aromatic carbocycles. The van der Waals surface area contributed by atoms with Gasteiger partial charge in [-0.15, -0.1) is 0 Å². The van der Waals surface area contributed by atoms with Gasteiger partial charge >= 0.3 is 0 Å². The van der Waals surface area contributed by atoms with Gasteiger partial charge in [-0.1, -0.05) is 33.1 Å². The highest BCUT2D eigenvalue weighted by atomic mass is 32.2. The summed E-state index contributed by atoms with van der Waals surface area (Å²) >= 11 is 0. The Balaban J connectivity index is 2.57. The molecule has 108 valence electrons. The third kappa shape index (κ3) is 4.86. The molecule has 0 aliphatic heterocycles. The molecule has 1 rings (SSSR count). The summed E-state index contributed by atoms with van der Waals surface area (Å²) in [5.41, 5.74) is -0.233. The molecule has 2 N–H and O–H groups in total. The summed E-state index contributed by atoms with van der Waals surface area (Å²) in [7, 11) is -3.23. The van der Waals surface area contributed by atoms with Crippen LogP contribution in [-0.4, -0.2) is 31.8 Å². The molecule has 5 heteroatoms. The summed E-state index contributed by atoms with van der Waals surface area (Å²) in [6, 6.07) is 0.313. The fourth-order valence-electron chi connectivity index (χ4n) is 2.39. The molecule has 0 saturated heterocycles. The van der Waals surface area contributed by atoms with E-state index in [1.807, 2.05) is 20.8 Å². The Morgan fingerprint density at radius 3 is 2.17 bits per heavy atom. The second-order valence-electron chi connectivity index (χ2n) is 6.14. The van der Waals surface area contributed by atoms with Gasteiger partial charge in [-0.25, -0.2) is 13.1 Å². The minimum Gasteiger partial charge on any atom is -0.313 e. The van der Waals surface area contributed by atoms with E-state index in [1.54, 1.807) is 6.92 Å². The van der Waals surface area contributed by atoms with Gasteiger partial charge in [-0.2, -0.15) is 0 Å². The minimum absolute atomic E-state index is 0.233. The normalized spacial score (nSPS) is 22.1. The summed E-state index contributed by atoms with van der Waals surface area (Å²) in [6.45, 7) is 8.35. The van der Waals surface area contributed by atoms with Crippen molar-refractivity contribution in [3.05, 3.63) is 0 Å². The van der Waals surface area contributed by atoms with Gasteiger partial charge in [0.2, 0.25) is 10.0 Å². The van der Waals surface area contributed by atoms with Gasteiger partial charge in [0.1, 0.15) is 0 Å². The molecule has 1 aliphatic carbocycles. The third-order valence-electron chi connectivity index (χ3n) is 3.69. The molecule has 0 spiro atoms. The molecule has 1 fully saturated rings. The zero-order valence-electron chi connectivity index (χ0n) is 12.1. The lowest BCUT2D eigenvalue weighted by molar-refractivity contribution is 0.293. The topological polar surface area (TPSA) is 58.2 Å². The van der Waals surface area contributed by atoms with E-state index in [2.05, 4.69) is 10.0 Å². The van der Waals surface area contributed by atoms with E-state index in [9.17, 15) is 8.42 Å². The lowest BCUT2D eigenvalue weighted by Crippen LogP contribution is -2.51. The Bertz CT molecular complexity index is 346. The van der Waals surface area contributed by atoms with Crippen molar-refractivity contribution in [3.8, 4) is 0 Å². The first-order chi connectivity index (χ1) is 8.25. The van der Waals surface area contributed by atoms with Crippen molar-refractivity contribution >= 4 is 10.0 Å². The van der Waals surface area contributed by atoms with E-state index in [4.69, 9.17) is 0 Å². The summed E-state index contributed by atoms with van der Waals surface area (Å²) in [5, 5.41) is 2.79. The van der Waals surface area contributed by atoms with Crippen molar-refractivity contribution in [1.29, 1.82) is 0 Å². The molecule has 0 radical (unpaired) electrons. The molecule has 0 heterocycles. The maximum atomic E-state index is 12.3. The average Bonchev–Trinajstić information content (AvgIpc) is 2.25. The molecule has 0 bridgehead atoms. The molecular weight excluding hydrogens is 248 g/mol. The number of hydrogen-bond acceptors (Lipinski definition) is 3. The van der Waals surface area contributed by atoms with Crippen molar-refractivity contribution < 1.29 is 8.42 Å². The van der Waals surface area contributed by atoms with Gasteiger partial charge in [0.15, 0.2) is 0 Å². The van der Waals surface area contributed by atoms with Crippen LogP contribution in [0.25, 0.3) is 0 Å². The Labute approximate surface area is 112 Å². The first-order valence-electron chi connectivity index (χ1n) is 7.01. The van der Waals surface area contributed by atoms with Gasteiger partial charge in [0.05, 0.1) is 5.25 Å². The molecule has 1 unspecified atom stereocenters. The van der Waals surface area contributed by atoms with E-state index >= 15 is 0 Å². The number of sulfonamides is 1. The van der Waals surface area contributed by atoms with Gasteiger partial charge < -0.3 is 5.32 Å². The third-order valence-corrected chi connectivity index (χ3v) is 5.69. The van der Waals surface area contributed by atoms with Crippen LogP contribution in [0, 0.1) is 0 Å². The van der Waals surface area contributed by atoms with Crippen molar-refractivity contribution in [2.45, 2.75) is 76.6 Å². The monoisotopic (exact) mass is 276 g/mol. The van der Waals surface area contributed by atoms with Crippen LogP contribution in [0.1, 0.15) is 59.8 Å². The molecule has 1 aliphatic rings. The first kappa shape index (κ1) is 15.9. The maximum Gasteiger partial charge on any atom is 0.215 e. The van der Waals surface area contributed by atoms with E-state index in [0.717, 1.165) is 25.7 Å². The van der Waals surface area contributed by atoms with Crippen LogP contribution in [0.3, 0.4) is 0 Å². The Hall–Kier alpha value is -0.130. The molecule has 4 nitrogen and oxygen atoms in total. The van der Waals surface area contributed by atoms with Crippen LogP contribution < -0.4 is 10.0 Å². The maximum absolute atomic E-state index is 12.3. The Kier molecular flexibility index (Phi) is 5.62. The molecule has 0 aromatic heterocycles. The largest absolute Gasteiger partial charge is 0.313 e. The van der Waals surface area contributed by atoms with E-state index in [1.165, 1.54) is 6.42 Å². The Morgan fingerprint density at radius 1 is 1.11 bits per heavy atom. The molecule has 1 atom stereocenters. The highest BCUT2D eigenvalue weighted by molar-refractivity contribution is 7.90. The molecule has 1 saturated carbocycles. The van der Waals surface area contributed by atoms with Crippen molar-refractivity contribution in [2.75, 3.05) is 6.54 Å². The van der Waals surface area contributed by atoms with Crippen molar-refractivity contribution in [2.24, 2.45) is 0 Å². The molecule has 0 aromatic rings. The van der Waals surface area contributed by atoms with Gasteiger partial charge in [0.25, 0.3) is 0 Å². The lowest BCUT2D eigenvalue weighted by atomic mass is 9.84. The summed E-state index contributed by atoms with van der Waals surface area (Å²) in [4.78, 5) is 0. The standard InChI is InChI=1S/C13H28N2O2S/c1-11(2)14-10-12(3)18(16,17)15-13(4)8-6-5-7-9-13/h11-12,14-15H,5-10H2,1-4H3. The van der Waals surface area contributed by atoms with E-state index in [0.29, 0.717) is 12.6 Å². The van der Waals surface area contributed by atoms with Crippen molar-refractivity contribution in [1.82, 2.24) is 10.0 Å². The number of hydrogen-bond donors (Lipinski definition) is 2. The average molecular weight is 276 g/mol. The summed E-state index contributed by atoms with van der Waals surface area (Å²) in [5.74, 6) is 0. The van der Waals surface area contributed by atoms with Crippen LogP contribution in [-0.2, 0) is 10.0 Å². The first-order valence-corrected chi connectivity index (χ1v) is 8.56. The van der Waals surface area contributed by atoms with Gasteiger partial charge in [0, 0.05) is 18.1 Å². The van der Waals surface area contributed by atoms with Crippen LogP contribution in [0.15, 0.2) is 0 Å². The fraction of sp³-hybridized carbons (Fsp3) is 1.00. The quantitative estimate of drug-likeness (QED) is 0.780. The van der Waals surface area contributed by atoms with E-state index in [-0.39, 0.29) is 5.54 Å². The van der Waals surface area contributed by atoms with Crippen LogP contribution >= 0.6 is 0 Å².